The molecule has 0 aliphatic carbocycles. The molecular formula is C13H12F2N2. The van der Waals surface area contributed by atoms with E-state index in [2.05, 4.69) is 10.3 Å². The van der Waals surface area contributed by atoms with Gasteiger partial charge in [0.15, 0.2) is 0 Å². The van der Waals surface area contributed by atoms with Gasteiger partial charge in [-0.2, -0.15) is 0 Å². The Morgan fingerprint density at radius 3 is 2.24 bits per heavy atom. The fourth-order valence-electron chi connectivity index (χ4n) is 1.52. The fraction of sp³-hybridized carbons (Fsp3) is 0.154. The van der Waals surface area contributed by atoms with Gasteiger partial charge in [-0.05, 0) is 36.8 Å². The molecule has 0 fully saturated rings. The van der Waals surface area contributed by atoms with Gasteiger partial charge in [0.1, 0.15) is 17.5 Å². The monoisotopic (exact) mass is 234 g/mol. The van der Waals surface area contributed by atoms with Gasteiger partial charge in [0.25, 0.3) is 0 Å². The van der Waals surface area contributed by atoms with Crippen molar-refractivity contribution in [1.29, 1.82) is 0 Å². The minimum atomic E-state index is -0.370. The van der Waals surface area contributed by atoms with E-state index in [1.165, 1.54) is 18.2 Å². The smallest absolute Gasteiger partial charge is 0.141 e. The number of nitrogens with one attached hydrogen (secondary N) is 1. The Balaban J connectivity index is 2.08. The summed E-state index contributed by atoms with van der Waals surface area (Å²) < 4.78 is 25.4. The van der Waals surface area contributed by atoms with Crippen LogP contribution in [0.3, 0.4) is 0 Å². The second kappa shape index (κ2) is 4.91. The van der Waals surface area contributed by atoms with Crippen LogP contribution in [0.4, 0.5) is 14.6 Å². The van der Waals surface area contributed by atoms with Gasteiger partial charge < -0.3 is 5.32 Å². The van der Waals surface area contributed by atoms with Gasteiger partial charge in [0.2, 0.25) is 0 Å². The maximum Gasteiger partial charge on any atom is 0.141 e. The lowest BCUT2D eigenvalue weighted by Gasteiger charge is -2.14. The van der Waals surface area contributed by atoms with Crippen molar-refractivity contribution in [2.75, 3.05) is 5.32 Å². The Morgan fingerprint density at radius 1 is 1.00 bits per heavy atom. The van der Waals surface area contributed by atoms with E-state index in [1.54, 1.807) is 18.2 Å². The van der Waals surface area contributed by atoms with E-state index in [0.717, 1.165) is 11.8 Å². The third kappa shape index (κ3) is 3.00. The van der Waals surface area contributed by atoms with Crippen molar-refractivity contribution in [3.63, 3.8) is 0 Å². The predicted octanol–water partition coefficient (Wildman–Crippen LogP) is 3.53. The summed E-state index contributed by atoms with van der Waals surface area (Å²) in [7, 11) is 0. The zero-order chi connectivity index (χ0) is 12.3. The number of rotatable bonds is 3. The molecule has 0 saturated carbocycles. The van der Waals surface area contributed by atoms with E-state index in [0.29, 0.717) is 5.82 Å². The highest BCUT2D eigenvalue weighted by atomic mass is 19.1. The quantitative estimate of drug-likeness (QED) is 0.878. The van der Waals surface area contributed by atoms with Crippen LogP contribution in [-0.4, -0.2) is 4.98 Å². The molecule has 1 atom stereocenters. The molecule has 17 heavy (non-hydrogen) atoms. The molecule has 0 amide bonds. The summed E-state index contributed by atoms with van der Waals surface area (Å²) in [5.74, 6) is -0.0472. The van der Waals surface area contributed by atoms with Gasteiger partial charge in [-0.25, -0.2) is 13.8 Å². The van der Waals surface area contributed by atoms with Crippen LogP contribution in [0.5, 0.6) is 0 Å². The van der Waals surface area contributed by atoms with Crippen molar-refractivity contribution < 1.29 is 8.78 Å². The molecule has 0 radical (unpaired) electrons. The SMILES string of the molecule is CC(Nc1ccc(F)cn1)c1ccc(F)cc1. The first-order chi connectivity index (χ1) is 8.15. The van der Waals surface area contributed by atoms with Crippen LogP contribution in [0.15, 0.2) is 42.6 Å². The zero-order valence-corrected chi connectivity index (χ0v) is 9.32. The van der Waals surface area contributed by atoms with Crippen LogP contribution < -0.4 is 5.32 Å². The predicted molar refractivity (Wildman–Crippen MR) is 62.6 cm³/mol. The molecule has 1 unspecified atom stereocenters. The van der Waals surface area contributed by atoms with Crippen LogP contribution in [0, 0.1) is 11.6 Å². The Morgan fingerprint density at radius 2 is 1.65 bits per heavy atom. The van der Waals surface area contributed by atoms with E-state index in [4.69, 9.17) is 0 Å². The average molecular weight is 234 g/mol. The van der Waals surface area contributed by atoms with E-state index in [-0.39, 0.29) is 17.7 Å². The summed E-state index contributed by atoms with van der Waals surface area (Å²) in [6.45, 7) is 1.93. The Kier molecular flexibility index (Phi) is 3.32. The van der Waals surface area contributed by atoms with Gasteiger partial charge in [-0.1, -0.05) is 12.1 Å². The molecule has 4 heteroatoms. The minimum Gasteiger partial charge on any atom is -0.364 e. The first kappa shape index (κ1) is 11.5. The lowest BCUT2D eigenvalue weighted by molar-refractivity contribution is 0.621. The van der Waals surface area contributed by atoms with Crippen molar-refractivity contribution in [2.24, 2.45) is 0 Å². The highest BCUT2D eigenvalue weighted by molar-refractivity contribution is 5.37. The largest absolute Gasteiger partial charge is 0.364 e. The fourth-order valence-corrected chi connectivity index (χ4v) is 1.52. The number of hydrogen-bond acceptors (Lipinski definition) is 2. The average Bonchev–Trinajstić information content (AvgIpc) is 2.33. The molecule has 0 aliphatic rings. The maximum atomic E-state index is 12.7. The van der Waals surface area contributed by atoms with Crippen molar-refractivity contribution in [1.82, 2.24) is 4.98 Å². The highest BCUT2D eigenvalue weighted by Crippen LogP contribution is 2.17. The molecule has 2 rings (SSSR count). The van der Waals surface area contributed by atoms with Crippen molar-refractivity contribution in [3.05, 3.63) is 59.8 Å². The van der Waals surface area contributed by atoms with Gasteiger partial charge in [0.05, 0.1) is 6.20 Å². The van der Waals surface area contributed by atoms with Crippen LogP contribution in [0.25, 0.3) is 0 Å². The Bertz CT molecular complexity index is 480. The number of benzene rings is 1. The molecule has 0 spiro atoms. The molecule has 1 heterocycles. The molecule has 1 aromatic heterocycles. The van der Waals surface area contributed by atoms with E-state index < -0.39 is 0 Å². The lowest BCUT2D eigenvalue weighted by atomic mass is 10.1. The normalized spacial score (nSPS) is 12.2. The van der Waals surface area contributed by atoms with Crippen molar-refractivity contribution in [2.45, 2.75) is 13.0 Å². The van der Waals surface area contributed by atoms with Crippen LogP contribution in [0.2, 0.25) is 0 Å². The summed E-state index contributed by atoms with van der Waals surface area (Å²) in [4.78, 5) is 3.90. The van der Waals surface area contributed by atoms with Gasteiger partial charge in [-0.3, -0.25) is 0 Å². The van der Waals surface area contributed by atoms with Crippen LogP contribution in [0.1, 0.15) is 18.5 Å². The molecule has 0 bridgehead atoms. The highest BCUT2D eigenvalue weighted by Gasteiger charge is 2.05. The van der Waals surface area contributed by atoms with Gasteiger partial charge in [0, 0.05) is 6.04 Å². The summed E-state index contributed by atoms with van der Waals surface area (Å²) in [5.41, 5.74) is 0.942. The van der Waals surface area contributed by atoms with Crippen molar-refractivity contribution in [3.8, 4) is 0 Å². The molecule has 2 nitrogen and oxygen atoms in total. The van der Waals surface area contributed by atoms with Crippen LogP contribution in [-0.2, 0) is 0 Å². The first-order valence-electron chi connectivity index (χ1n) is 5.29. The molecule has 1 N–H and O–H groups in total. The standard InChI is InChI=1S/C13H12F2N2/c1-9(10-2-4-11(14)5-3-10)17-13-7-6-12(15)8-16-13/h2-9H,1H3,(H,16,17). The van der Waals surface area contributed by atoms with Gasteiger partial charge in [-0.15, -0.1) is 0 Å². The number of aromatic nitrogens is 1. The number of hydrogen-bond donors (Lipinski definition) is 1. The molecule has 2 aromatic rings. The van der Waals surface area contributed by atoms with Crippen molar-refractivity contribution >= 4 is 5.82 Å². The summed E-state index contributed by atoms with van der Waals surface area (Å²) in [6.07, 6.45) is 1.15. The number of anilines is 1. The molecular weight excluding hydrogens is 222 g/mol. The second-order valence-corrected chi connectivity index (χ2v) is 3.78. The summed E-state index contributed by atoms with van der Waals surface area (Å²) in [5, 5.41) is 3.10. The number of nitrogens with zero attached hydrogens (tertiary/aromatic N) is 1. The molecule has 0 aliphatic heterocycles. The minimum absolute atomic E-state index is 0.0199. The lowest BCUT2D eigenvalue weighted by Crippen LogP contribution is -2.07. The first-order valence-corrected chi connectivity index (χ1v) is 5.29. The summed E-state index contributed by atoms with van der Waals surface area (Å²) >= 11 is 0. The number of pyridine rings is 1. The third-order valence-electron chi connectivity index (χ3n) is 2.46. The zero-order valence-electron chi connectivity index (χ0n) is 9.32. The van der Waals surface area contributed by atoms with Gasteiger partial charge >= 0.3 is 0 Å². The van der Waals surface area contributed by atoms with E-state index in [1.807, 2.05) is 6.92 Å². The maximum absolute atomic E-state index is 12.7. The van der Waals surface area contributed by atoms with Crippen LogP contribution >= 0.6 is 0 Å². The molecule has 0 saturated heterocycles. The second-order valence-electron chi connectivity index (χ2n) is 3.78. The third-order valence-corrected chi connectivity index (χ3v) is 2.46. The Hall–Kier alpha value is -1.97. The van der Waals surface area contributed by atoms with E-state index in [9.17, 15) is 8.78 Å². The number of halogens is 2. The summed E-state index contributed by atoms with van der Waals surface area (Å²) in [6, 6.07) is 9.11. The topological polar surface area (TPSA) is 24.9 Å². The Labute approximate surface area is 98.3 Å². The van der Waals surface area contributed by atoms with E-state index >= 15 is 0 Å². The molecule has 1 aromatic carbocycles. The molecule has 88 valence electrons.